The Kier molecular flexibility index (Phi) is 6.87. The summed E-state index contributed by atoms with van der Waals surface area (Å²) in [6.45, 7) is 5.02. The van der Waals surface area contributed by atoms with Gasteiger partial charge in [0, 0.05) is 26.2 Å². The Bertz CT molecular complexity index is 889. The van der Waals surface area contributed by atoms with E-state index in [9.17, 15) is 9.18 Å². The SMILES string of the molecule is O=C(Nc1cccc(Cl)c1N1CCOCC1)C1CCCN(Cc2cccc(F)c2)C1. The fourth-order valence-corrected chi connectivity index (χ4v) is 4.56. The number of benzene rings is 2. The van der Waals surface area contributed by atoms with E-state index >= 15 is 0 Å². The van der Waals surface area contributed by atoms with Crippen molar-refractivity contribution in [2.75, 3.05) is 49.6 Å². The Morgan fingerprint density at radius 1 is 1.17 bits per heavy atom. The summed E-state index contributed by atoms with van der Waals surface area (Å²) in [5.41, 5.74) is 2.54. The number of carbonyl (C=O) groups is 1. The first-order valence-corrected chi connectivity index (χ1v) is 10.9. The van der Waals surface area contributed by atoms with Gasteiger partial charge in [0.05, 0.1) is 35.5 Å². The second-order valence-electron chi connectivity index (χ2n) is 7.93. The van der Waals surface area contributed by atoms with Crippen molar-refractivity contribution in [2.24, 2.45) is 5.92 Å². The number of halogens is 2. The Morgan fingerprint density at radius 3 is 2.77 bits per heavy atom. The highest BCUT2D eigenvalue weighted by atomic mass is 35.5. The maximum atomic E-state index is 13.5. The van der Waals surface area contributed by atoms with Crippen LogP contribution in [0, 0.1) is 11.7 Å². The number of para-hydroxylation sites is 1. The van der Waals surface area contributed by atoms with Crippen LogP contribution in [0.4, 0.5) is 15.8 Å². The van der Waals surface area contributed by atoms with Crippen LogP contribution >= 0.6 is 11.6 Å². The molecule has 2 aliphatic heterocycles. The van der Waals surface area contributed by atoms with Crippen LogP contribution in [0.2, 0.25) is 5.02 Å². The molecule has 30 heavy (non-hydrogen) atoms. The fraction of sp³-hybridized carbons (Fsp3) is 0.435. The molecule has 4 rings (SSSR count). The molecule has 0 radical (unpaired) electrons. The van der Waals surface area contributed by atoms with Crippen LogP contribution in [0.25, 0.3) is 0 Å². The van der Waals surface area contributed by atoms with Crippen LogP contribution in [-0.2, 0) is 16.1 Å². The summed E-state index contributed by atoms with van der Waals surface area (Å²) in [4.78, 5) is 17.5. The highest BCUT2D eigenvalue weighted by Crippen LogP contribution is 2.35. The second-order valence-corrected chi connectivity index (χ2v) is 8.34. The predicted octanol–water partition coefficient (Wildman–Crippen LogP) is 4.17. The summed E-state index contributed by atoms with van der Waals surface area (Å²) in [7, 11) is 0. The average Bonchev–Trinajstić information content (AvgIpc) is 2.75. The standard InChI is InChI=1S/C23H27ClFN3O2/c24-20-7-2-8-21(22(20)28-10-12-30-13-11-28)26-23(29)18-5-3-9-27(16-18)15-17-4-1-6-19(25)14-17/h1-2,4,6-8,14,18H,3,5,9-13,15-16H2,(H,26,29). The highest BCUT2D eigenvalue weighted by molar-refractivity contribution is 6.34. The third kappa shape index (κ3) is 5.12. The van der Waals surface area contributed by atoms with Gasteiger partial charge in [-0.1, -0.05) is 29.8 Å². The molecule has 2 aliphatic rings. The monoisotopic (exact) mass is 431 g/mol. The molecule has 1 N–H and O–H groups in total. The Balaban J connectivity index is 1.43. The number of nitrogens with zero attached hydrogens (tertiary/aromatic N) is 2. The third-order valence-corrected chi connectivity index (χ3v) is 6.05. The molecule has 0 aromatic heterocycles. The first-order valence-electron chi connectivity index (χ1n) is 10.5. The van der Waals surface area contributed by atoms with E-state index in [2.05, 4.69) is 15.1 Å². The molecule has 0 spiro atoms. The smallest absolute Gasteiger partial charge is 0.228 e. The molecular weight excluding hydrogens is 405 g/mol. The van der Waals surface area contributed by atoms with E-state index in [0.29, 0.717) is 31.3 Å². The number of morpholine rings is 1. The number of ether oxygens (including phenoxy) is 1. The van der Waals surface area contributed by atoms with E-state index in [0.717, 1.165) is 49.4 Å². The molecule has 1 atom stereocenters. The van der Waals surface area contributed by atoms with Gasteiger partial charge in [0.2, 0.25) is 5.91 Å². The van der Waals surface area contributed by atoms with Crippen LogP contribution in [-0.4, -0.2) is 50.2 Å². The molecule has 2 heterocycles. The quantitative estimate of drug-likeness (QED) is 0.771. The topological polar surface area (TPSA) is 44.8 Å². The summed E-state index contributed by atoms with van der Waals surface area (Å²) in [6, 6.07) is 12.3. The molecule has 2 fully saturated rings. The summed E-state index contributed by atoms with van der Waals surface area (Å²) in [5.74, 6) is -0.324. The van der Waals surface area contributed by atoms with Gasteiger partial charge in [0.15, 0.2) is 0 Å². The van der Waals surface area contributed by atoms with Crippen molar-refractivity contribution in [3.05, 3.63) is 58.9 Å². The number of hydrogen-bond donors (Lipinski definition) is 1. The number of anilines is 2. The average molecular weight is 432 g/mol. The van der Waals surface area contributed by atoms with Crippen LogP contribution in [0.5, 0.6) is 0 Å². The van der Waals surface area contributed by atoms with E-state index in [1.807, 2.05) is 24.3 Å². The van der Waals surface area contributed by atoms with E-state index in [4.69, 9.17) is 16.3 Å². The van der Waals surface area contributed by atoms with Crippen molar-refractivity contribution in [3.8, 4) is 0 Å². The van der Waals surface area contributed by atoms with Gasteiger partial charge in [-0.25, -0.2) is 4.39 Å². The lowest BCUT2D eigenvalue weighted by molar-refractivity contribution is -0.121. The maximum absolute atomic E-state index is 13.5. The third-order valence-electron chi connectivity index (χ3n) is 5.74. The lowest BCUT2D eigenvalue weighted by Crippen LogP contribution is -2.41. The summed E-state index contributed by atoms with van der Waals surface area (Å²) < 4.78 is 18.9. The summed E-state index contributed by atoms with van der Waals surface area (Å²) in [6.07, 6.45) is 1.79. The van der Waals surface area contributed by atoms with Gasteiger partial charge in [0.25, 0.3) is 0 Å². The van der Waals surface area contributed by atoms with Crippen LogP contribution in [0.1, 0.15) is 18.4 Å². The van der Waals surface area contributed by atoms with E-state index < -0.39 is 0 Å². The van der Waals surface area contributed by atoms with Crippen molar-refractivity contribution < 1.29 is 13.9 Å². The van der Waals surface area contributed by atoms with Gasteiger partial charge in [-0.05, 0) is 49.2 Å². The highest BCUT2D eigenvalue weighted by Gasteiger charge is 2.27. The minimum absolute atomic E-state index is 0.00992. The Hall–Kier alpha value is -2.15. The van der Waals surface area contributed by atoms with Gasteiger partial charge >= 0.3 is 0 Å². The number of piperidine rings is 1. The number of nitrogens with one attached hydrogen (secondary N) is 1. The zero-order valence-corrected chi connectivity index (χ0v) is 17.7. The van der Waals surface area contributed by atoms with Gasteiger partial charge in [-0.3, -0.25) is 9.69 Å². The summed E-state index contributed by atoms with van der Waals surface area (Å²) >= 11 is 6.49. The molecule has 1 unspecified atom stereocenters. The zero-order chi connectivity index (χ0) is 20.9. The molecule has 5 nitrogen and oxygen atoms in total. The lowest BCUT2D eigenvalue weighted by Gasteiger charge is -2.33. The van der Waals surface area contributed by atoms with Crippen molar-refractivity contribution in [1.82, 2.24) is 4.90 Å². The first kappa shape index (κ1) is 21.1. The Labute approximate surface area is 181 Å². The largest absolute Gasteiger partial charge is 0.378 e. The van der Waals surface area contributed by atoms with Crippen molar-refractivity contribution in [3.63, 3.8) is 0 Å². The van der Waals surface area contributed by atoms with E-state index in [1.165, 1.54) is 6.07 Å². The molecular formula is C23H27ClFN3O2. The van der Waals surface area contributed by atoms with Gasteiger partial charge in [0.1, 0.15) is 5.82 Å². The molecule has 0 saturated carbocycles. The molecule has 160 valence electrons. The normalized spacial score (nSPS) is 20.2. The molecule has 2 aromatic rings. The fourth-order valence-electron chi connectivity index (χ4n) is 4.27. The van der Waals surface area contributed by atoms with Crippen molar-refractivity contribution in [2.45, 2.75) is 19.4 Å². The number of likely N-dealkylation sites (tertiary alicyclic amines) is 1. The van der Waals surface area contributed by atoms with Crippen LogP contribution in [0.3, 0.4) is 0 Å². The molecule has 0 aliphatic carbocycles. The molecule has 7 heteroatoms. The van der Waals surface area contributed by atoms with E-state index in [1.54, 1.807) is 12.1 Å². The van der Waals surface area contributed by atoms with E-state index in [-0.39, 0.29) is 17.6 Å². The molecule has 2 saturated heterocycles. The Morgan fingerprint density at radius 2 is 1.97 bits per heavy atom. The number of rotatable bonds is 5. The minimum Gasteiger partial charge on any atom is -0.378 e. The summed E-state index contributed by atoms with van der Waals surface area (Å²) in [5, 5.41) is 3.75. The molecule has 0 bridgehead atoms. The number of amides is 1. The zero-order valence-electron chi connectivity index (χ0n) is 16.9. The van der Waals surface area contributed by atoms with Gasteiger partial charge in [-0.2, -0.15) is 0 Å². The van der Waals surface area contributed by atoms with Crippen molar-refractivity contribution >= 4 is 28.9 Å². The minimum atomic E-state index is -0.226. The second kappa shape index (κ2) is 9.77. The first-order chi connectivity index (χ1) is 14.6. The molecule has 2 aromatic carbocycles. The predicted molar refractivity (Wildman–Crippen MR) is 118 cm³/mol. The van der Waals surface area contributed by atoms with Gasteiger partial charge in [-0.15, -0.1) is 0 Å². The van der Waals surface area contributed by atoms with Crippen molar-refractivity contribution in [1.29, 1.82) is 0 Å². The lowest BCUT2D eigenvalue weighted by atomic mass is 9.96. The number of carbonyl (C=O) groups excluding carboxylic acids is 1. The number of hydrogen-bond acceptors (Lipinski definition) is 4. The molecule has 1 amide bonds. The van der Waals surface area contributed by atoms with Gasteiger partial charge < -0.3 is 15.0 Å². The maximum Gasteiger partial charge on any atom is 0.228 e. The van der Waals surface area contributed by atoms with Crippen LogP contribution < -0.4 is 10.2 Å². The van der Waals surface area contributed by atoms with Crippen LogP contribution in [0.15, 0.2) is 42.5 Å².